The number of hydrogen-bond acceptors (Lipinski definition) is 6. The molecule has 1 atom stereocenters. The highest BCUT2D eigenvalue weighted by molar-refractivity contribution is 7.16. The predicted molar refractivity (Wildman–Crippen MR) is 125 cm³/mol. The molecule has 7 heteroatoms. The van der Waals surface area contributed by atoms with E-state index >= 15 is 0 Å². The van der Waals surface area contributed by atoms with Crippen LogP contribution in [0.1, 0.15) is 27.7 Å². The van der Waals surface area contributed by atoms with Crippen molar-refractivity contribution in [3.8, 4) is 5.75 Å². The minimum absolute atomic E-state index is 0.0338. The van der Waals surface area contributed by atoms with Gasteiger partial charge in [-0.25, -0.2) is 4.98 Å². The Morgan fingerprint density at radius 2 is 1.84 bits per heavy atom. The number of thiazole rings is 1. The van der Waals surface area contributed by atoms with E-state index in [1.54, 1.807) is 54.6 Å². The zero-order chi connectivity index (χ0) is 22.8. The third kappa shape index (κ3) is 3.83. The summed E-state index contributed by atoms with van der Waals surface area (Å²) in [5, 5.41) is 11.5. The molecule has 1 aromatic heterocycles. The minimum Gasteiger partial charge on any atom is -0.507 e. The molecule has 0 unspecified atom stereocenters. The summed E-state index contributed by atoms with van der Waals surface area (Å²) in [5.41, 5.74) is 1.96. The molecule has 2 heterocycles. The third-order valence-corrected chi connectivity index (χ3v) is 6.35. The number of hydrogen-bond donors (Lipinski definition) is 1. The lowest BCUT2D eigenvalue weighted by Crippen LogP contribution is -2.29. The maximum Gasteiger partial charge on any atom is 0.301 e. The summed E-state index contributed by atoms with van der Waals surface area (Å²) >= 11 is 1.34. The Hall–Kier alpha value is -3.71. The number of rotatable bonds is 6. The van der Waals surface area contributed by atoms with Gasteiger partial charge in [-0.05, 0) is 31.5 Å². The number of carbonyl (C=O) groups is 2. The first kappa shape index (κ1) is 21.5. The molecule has 162 valence electrons. The van der Waals surface area contributed by atoms with Crippen LogP contribution in [-0.2, 0) is 9.59 Å². The Morgan fingerprint density at radius 1 is 1.16 bits per heavy atom. The van der Waals surface area contributed by atoms with Crippen molar-refractivity contribution < 1.29 is 19.4 Å². The van der Waals surface area contributed by atoms with E-state index in [2.05, 4.69) is 11.6 Å². The molecule has 2 aromatic carbocycles. The molecule has 3 aromatic rings. The standard InChI is InChI=1S/C25H22N2O4S/c1-4-14-31-19-12-10-17(11-13-19)21-20(22(28)18-8-6-5-7-9-18)23(29)24(30)27(21)25-26-15(2)16(3)32-25/h4-13,21,28H,1,14H2,2-3H3/t21-/m0/s1. The van der Waals surface area contributed by atoms with Crippen molar-refractivity contribution in [2.45, 2.75) is 19.9 Å². The second-order valence-electron chi connectivity index (χ2n) is 7.34. The molecule has 4 rings (SSSR count). The van der Waals surface area contributed by atoms with Crippen LogP contribution < -0.4 is 9.64 Å². The van der Waals surface area contributed by atoms with Crippen molar-refractivity contribution in [2.75, 3.05) is 11.5 Å². The van der Waals surface area contributed by atoms with Crippen molar-refractivity contribution in [3.63, 3.8) is 0 Å². The van der Waals surface area contributed by atoms with Crippen LogP contribution in [0.5, 0.6) is 5.75 Å². The molecule has 1 amide bonds. The molecule has 0 bridgehead atoms. The number of aliphatic hydroxyl groups is 1. The van der Waals surface area contributed by atoms with Crippen LogP contribution in [0.3, 0.4) is 0 Å². The van der Waals surface area contributed by atoms with Crippen LogP contribution in [0, 0.1) is 13.8 Å². The Labute approximate surface area is 190 Å². The fraction of sp³-hybridized carbons (Fsp3) is 0.160. The lowest BCUT2D eigenvalue weighted by Gasteiger charge is -2.23. The summed E-state index contributed by atoms with van der Waals surface area (Å²) in [6, 6.07) is 15.0. The normalized spacial score (nSPS) is 17.6. The zero-order valence-corrected chi connectivity index (χ0v) is 18.6. The summed E-state index contributed by atoms with van der Waals surface area (Å²) in [7, 11) is 0. The van der Waals surface area contributed by atoms with Crippen LogP contribution in [0.25, 0.3) is 5.76 Å². The molecule has 1 aliphatic rings. The van der Waals surface area contributed by atoms with Gasteiger partial charge < -0.3 is 9.84 Å². The summed E-state index contributed by atoms with van der Waals surface area (Å²) in [5.74, 6) is -1.04. The number of aliphatic hydroxyl groups excluding tert-OH is 1. The topological polar surface area (TPSA) is 79.7 Å². The number of nitrogens with zero attached hydrogens (tertiary/aromatic N) is 2. The molecular weight excluding hydrogens is 424 g/mol. The molecule has 0 aliphatic carbocycles. The van der Waals surface area contributed by atoms with Crippen LogP contribution in [0.4, 0.5) is 5.13 Å². The van der Waals surface area contributed by atoms with E-state index in [0.717, 1.165) is 10.6 Å². The number of Topliss-reactive ketones (excluding diaryl/α,β-unsaturated/α-hetero) is 1. The summed E-state index contributed by atoms with van der Waals surface area (Å²) in [6.07, 6.45) is 1.65. The van der Waals surface area contributed by atoms with E-state index in [-0.39, 0.29) is 11.3 Å². The Morgan fingerprint density at radius 3 is 2.44 bits per heavy atom. The molecular formula is C25H22N2O4S. The monoisotopic (exact) mass is 446 g/mol. The number of ether oxygens (including phenoxy) is 1. The number of anilines is 1. The number of amides is 1. The number of carbonyl (C=O) groups excluding carboxylic acids is 2. The Balaban J connectivity index is 1.88. The summed E-state index contributed by atoms with van der Waals surface area (Å²) in [4.78, 5) is 33.1. The first-order valence-electron chi connectivity index (χ1n) is 10.1. The molecule has 1 fully saturated rings. The van der Waals surface area contributed by atoms with E-state index in [1.165, 1.54) is 16.2 Å². The van der Waals surface area contributed by atoms with Gasteiger partial charge in [-0.2, -0.15) is 0 Å². The highest BCUT2D eigenvalue weighted by Crippen LogP contribution is 2.43. The maximum atomic E-state index is 13.1. The van der Waals surface area contributed by atoms with E-state index in [4.69, 9.17) is 4.74 Å². The molecule has 6 nitrogen and oxygen atoms in total. The minimum atomic E-state index is -0.811. The average Bonchev–Trinajstić information content (AvgIpc) is 3.28. The van der Waals surface area contributed by atoms with Crippen LogP contribution in [-0.4, -0.2) is 28.4 Å². The van der Waals surface area contributed by atoms with Gasteiger partial charge in [0.2, 0.25) is 0 Å². The van der Waals surface area contributed by atoms with Gasteiger partial charge in [-0.1, -0.05) is 55.1 Å². The highest BCUT2D eigenvalue weighted by Gasteiger charge is 2.48. The average molecular weight is 447 g/mol. The van der Waals surface area contributed by atoms with Gasteiger partial charge in [0.15, 0.2) is 5.13 Å². The van der Waals surface area contributed by atoms with E-state index < -0.39 is 17.7 Å². The smallest absolute Gasteiger partial charge is 0.301 e. The largest absolute Gasteiger partial charge is 0.507 e. The van der Waals surface area contributed by atoms with Crippen molar-refractivity contribution in [2.24, 2.45) is 0 Å². The van der Waals surface area contributed by atoms with E-state index in [1.807, 2.05) is 19.9 Å². The lowest BCUT2D eigenvalue weighted by molar-refractivity contribution is -0.132. The second-order valence-corrected chi connectivity index (χ2v) is 8.52. The van der Waals surface area contributed by atoms with Gasteiger partial charge in [-0.3, -0.25) is 14.5 Å². The van der Waals surface area contributed by atoms with Gasteiger partial charge in [0.25, 0.3) is 5.78 Å². The van der Waals surface area contributed by atoms with Gasteiger partial charge in [-0.15, -0.1) is 11.3 Å². The Kier molecular flexibility index (Phi) is 5.92. The van der Waals surface area contributed by atoms with Gasteiger partial charge in [0.05, 0.1) is 17.3 Å². The van der Waals surface area contributed by atoms with Crippen LogP contribution >= 0.6 is 11.3 Å². The van der Waals surface area contributed by atoms with E-state index in [0.29, 0.717) is 28.6 Å². The molecule has 32 heavy (non-hydrogen) atoms. The van der Waals surface area contributed by atoms with Gasteiger partial charge >= 0.3 is 5.91 Å². The quantitative estimate of drug-likeness (QED) is 0.251. The predicted octanol–water partition coefficient (Wildman–Crippen LogP) is 4.95. The number of benzene rings is 2. The molecule has 1 aliphatic heterocycles. The SMILES string of the molecule is C=CCOc1ccc([C@H]2C(=C(O)c3ccccc3)C(=O)C(=O)N2c2nc(C)c(C)s2)cc1. The zero-order valence-electron chi connectivity index (χ0n) is 17.7. The molecule has 1 saturated heterocycles. The third-order valence-electron chi connectivity index (χ3n) is 5.28. The maximum absolute atomic E-state index is 13.1. The van der Waals surface area contributed by atoms with Crippen molar-refractivity contribution in [1.82, 2.24) is 4.98 Å². The molecule has 0 radical (unpaired) electrons. The fourth-order valence-corrected chi connectivity index (χ4v) is 4.49. The van der Waals surface area contributed by atoms with Crippen LogP contribution in [0.15, 0.2) is 72.8 Å². The molecule has 0 spiro atoms. The molecule has 0 saturated carbocycles. The number of ketones is 1. The lowest BCUT2D eigenvalue weighted by atomic mass is 9.95. The number of aromatic nitrogens is 1. The number of aryl methyl sites for hydroxylation is 2. The van der Waals surface area contributed by atoms with Gasteiger partial charge in [0.1, 0.15) is 18.1 Å². The fourth-order valence-electron chi connectivity index (χ4n) is 3.56. The van der Waals surface area contributed by atoms with Crippen LogP contribution in [0.2, 0.25) is 0 Å². The summed E-state index contributed by atoms with van der Waals surface area (Å²) in [6.45, 7) is 7.77. The second kappa shape index (κ2) is 8.80. The first-order valence-corrected chi connectivity index (χ1v) is 10.9. The first-order chi connectivity index (χ1) is 15.4. The van der Waals surface area contributed by atoms with Gasteiger partial charge in [0, 0.05) is 10.4 Å². The van der Waals surface area contributed by atoms with Crippen molar-refractivity contribution in [3.05, 3.63) is 94.5 Å². The summed E-state index contributed by atoms with van der Waals surface area (Å²) < 4.78 is 5.55. The van der Waals surface area contributed by atoms with E-state index in [9.17, 15) is 14.7 Å². The Bertz CT molecular complexity index is 1190. The highest BCUT2D eigenvalue weighted by atomic mass is 32.1. The van der Waals surface area contributed by atoms with Crippen molar-refractivity contribution in [1.29, 1.82) is 0 Å². The molecule has 1 N–H and O–H groups in total. The van der Waals surface area contributed by atoms with Crippen molar-refractivity contribution >= 4 is 33.9 Å².